The van der Waals surface area contributed by atoms with Crippen molar-refractivity contribution in [3.63, 3.8) is 0 Å². The minimum atomic E-state index is 0.211. The molecule has 124 valence electrons. The van der Waals surface area contributed by atoms with Gasteiger partial charge in [-0.15, -0.1) is 0 Å². The van der Waals surface area contributed by atoms with Crippen molar-refractivity contribution in [3.8, 4) is 11.3 Å². The number of furan rings is 1. The van der Waals surface area contributed by atoms with Crippen molar-refractivity contribution in [2.75, 3.05) is 0 Å². The summed E-state index contributed by atoms with van der Waals surface area (Å²) in [6, 6.07) is 27.8. The molecule has 4 rings (SSSR count). The van der Waals surface area contributed by atoms with Crippen LogP contribution in [0.25, 0.3) is 22.3 Å². The zero-order valence-electron chi connectivity index (χ0n) is 14.2. The average Bonchev–Trinajstić information content (AvgIpc) is 3.02. The summed E-state index contributed by atoms with van der Waals surface area (Å²) in [7, 11) is 0. The summed E-state index contributed by atoms with van der Waals surface area (Å²) in [5.41, 5.74) is 3.60. The molecule has 0 aliphatic carbocycles. The van der Waals surface area contributed by atoms with E-state index >= 15 is 0 Å². The fourth-order valence-electron chi connectivity index (χ4n) is 3.14. The molecule has 0 unspecified atom stereocenters. The van der Waals surface area contributed by atoms with Gasteiger partial charge >= 0.3 is 155 Å². The summed E-state index contributed by atoms with van der Waals surface area (Å²) in [5, 5.41) is 1.24. The standard InChI is InChI=1S/C23H20OSe/c1-2-10-17-11-6-7-14-19(17)22-23(25-18-12-4-3-5-13-18)20-15-8-9-16-21(20)24-22/h3-9,11-16H,2,10H2,1H3. The van der Waals surface area contributed by atoms with Crippen LogP contribution in [0.4, 0.5) is 0 Å². The van der Waals surface area contributed by atoms with Crippen molar-refractivity contribution >= 4 is 34.8 Å². The van der Waals surface area contributed by atoms with Crippen LogP contribution in [0.1, 0.15) is 18.9 Å². The minimum absolute atomic E-state index is 0.211. The second kappa shape index (κ2) is 7.31. The van der Waals surface area contributed by atoms with Gasteiger partial charge in [0.15, 0.2) is 0 Å². The first-order valence-electron chi connectivity index (χ1n) is 8.69. The number of hydrogen-bond acceptors (Lipinski definition) is 1. The molecule has 2 heteroatoms. The Labute approximate surface area is 154 Å². The van der Waals surface area contributed by atoms with Crippen LogP contribution in [0.15, 0.2) is 83.3 Å². The summed E-state index contributed by atoms with van der Waals surface area (Å²) in [4.78, 5) is 0. The van der Waals surface area contributed by atoms with Crippen LogP contribution in [-0.4, -0.2) is 15.0 Å². The van der Waals surface area contributed by atoms with Gasteiger partial charge in [0.25, 0.3) is 0 Å². The summed E-state index contributed by atoms with van der Waals surface area (Å²) in [5.74, 6) is 1.05. The van der Waals surface area contributed by atoms with Crippen LogP contribution in [0.3, 0.4) is 0 Å². The van der Waals surface area contributed by atoms with Gasteiger partial charge in [-0.3, -0.25) is 0 Å². The molecule has 0 bridgehead atoms. The van der Waals surface area contributed by atoms with Crippen LogP contribution in [0.5, 0.6) is 0 Å². The van der Waals surface area contributed by atoms with Gasteiger partial charge in [0, 0.05) is 0 Å². The zero-order chi connectivity index (χ0) is 17.1. The van der Waals surface area contributed by atoms with Crippen molar-refractivity contribution in [3.05, 3.63) is 84.4 Å². The molecule has 0 amide bonds. The Morgan fingerprint density at radius 1 is 0.800 bits per heavy atom. The van der Waals surface area contributed by atoms with Crippen molar-refractivity contribution < 1.29 is 4.42 Å². The normalized spacial score (nSPS) is 11.1. The fraction of sp³-hybridized carbons (Fsp3) is 0.130. The second-order valence-electron chi connectivity index (χ2n) is 6.08. The van der Waals surface area contributed by atoms with Crippen LogP contribution >= 0.6 is 0 Å². The van der Waals surface area contributed by atoms with E-state index in [1.807, 2.05) is 6.07 Å². The van der Waals surface area contributed by atoms with Gasteiger partial charge in [0.05, 0.1) is 0 Å². The molecule has 3 aromatic carbocycles. The number of para-hydroxylation sites is 1. The van der Waals surface area contributed by atoms with E-state index in [-0.39, 0.29) is 15.0 Å². The summed E-state index contributed by atoms with van der Waals surface area (Å²) in [6.07, 6.45) is 2.21. The van der Waals surface area contributed by atoms with E-state index in [1.54, 1.807) is 0 Å². The maximum absolute atomic E-state index is 6.36. The summed E-state index contributed by atoms with van der Waals surface area (Å²) >= 11 is 0.211. The van der Waals surface area contributed by atoms with Gasteiger partial charge in [0.1, 0.15) is 0 Å². The van der Waals surface area contributed by atoms with Gasteiger partial charge in [-0.2, -0.15) is 0 Å². The van der Waals surface area contributed by atoms with E-state index in [2.05, 4.69) is 79.7 Å². The van der Waals surface area contributed by atoms with E-state index in [0.29, 0.717) is 0 Å². The van der Waals surface area contributed by atoms with Crippen LogP contribution < -0.4 is 8.92 Å². The van der Waals surface area contributed by atoms with E-state index < -0.39 is 0 Å². The number of aryl methyl sites for hydroxylation is 1. The third kappa shape index (κ3) is 3.28. The molecule has 25 heavy (non-hydrogen) atoms. The first-order chi connectivity index (χ1) is 12.4. The van der Waals surface area contributed by atoms with E-state index in [1.165, 1.54) is 25.4 Å². The van der Waals surface area contributed by atoms with E-state index in [9.17, 15) is 0 Å². The van der Waals surface area contributed by atoms with Crippen LogP contribution in [0.2, 0.25) is 0 Å². The van der Waals surface area contributed by atoms with E-state index in [0.717, 1.165) is 24.2 Å². The number of hydrogen-bond donors (Lipinski definition) is 0. The van der Waals surface area contributed by atoms with Crippen molar-refractivity contribution in [1.29, 1.82) is 0 Å². The number of rotatable bonds is 5. The van der Waals surface area contributed by atoms with Gasteiger partial charge in [-0.05, 0) is 0 Å². The Hall–Kier alpha value is -2.28. The molecule has 0 N–H and O–H groups in total. The Morgan fingerprint density at radius 3 is 2.36 bits per heavy atom. The topological polar surface area (TPSA) is 13.1 Å². The third-order valence-electron chi connectivity index (χ3n) is 4.29. The Bertz CT molecular complexity index is 985. The van der Waals surface area contributed by atoms with Crippen LogP contribution in [-0.2, 0) is 6.42 Å². The van der Waals surface area contributed by atoms with Gasteiger partial charge in [-0.1, -0.05) is 0 Å². The SMILES string of the molecule is CCCc1ccccc1-c1oc2ccccc2c1[Se]c1ccccc1. The monoisotopic (exact) mass is 392 g/mol. The number of benzene rings is 3. The molecule has 0 spiro atoms. The maximum atomic E-state index is 6.36. The molecule has 0 aliphatic rings. The molecule has 1 heterocycles. The molecule has 0 radical (unpaired) electrons. The Balaban J connectivity index is 1.90. The van der Waals surface area contributed by atoms with Crippen molar-refractivity contribution in [2.45, 2.75) is 19.8 Å². The molecule has 1 aromatic heterocycles. The molecule has 0 fully saturated rings. The Morgan fingerprint density at radius 2 is 1.52 bits per heavy atom. The van der Waals surface area contributed by atoms with Crippen LogP contribution in [0, 0.1) is 0 Å². The average molecular weight is 391 g/mol. The Kier molecular flexibility index (Phi) is 4.74. The molecular formula is C23H20OSe. The zero-order valence-corrected chi connectivity index (χ0v) is 15.9. The first kappa shape index (κ1) is 16.2. The molecule has 0 saturated carbocycles. The van der Waals surface area contributed by atoms with Gasteiger partial charge in [-0.25, -0.2) is 0 Å². The molecule has 0 atom stereocenters. The molecule has 1 nitrogen and oxygen atoms in total. The predicted molar refractivity (Wildman–Crippen MR) is 107 cm³/mol. The van der Waals surface area contributed by atoms with Crippen molar-refractivity contribution in [2.24, 2.45) is 0 Å². The molecular weight excluding hydrogens is 371 g/mol. The van der Waals surface area contributed by atoms with Crippen molar-refractivity contribution in [1.82, 2.24) is 0 Å². The van der Waals surface area contributed by atoms with Gasteiger partial charge in [0.2, 0.25) is 0 Å². The van der Waals surface area contributed by atoms with Gasteiger partial charge < -0.3 is 0 Å². The third-order valence-corrected chi connectivity index (χ3v) is 6.64. The fourth-order valence-corrected chi connectivity index (χ4v) is 5.34. The van der Waals surface area contributed by atoms with E-state index in [4.69, 9.17) is 4.42 Å². The molecule has 0 saturated heterocycles. The summed E-state index contributed by atoms with van der Waals surface area (Å²) < 4.78 is 9.08. The predicted octanol–water partition coefficient (Wildman–Crippen LogP) is 4.71. The first-order valence-corrected chi connectivity index (χ1v) is 10.4. The summed E-state index contributed by atoms with van der Waals surface area (Å²) in [6.45, 7) is 2.23. The quantitative estimate of drug-likeness (QED) is 0.449. The molecule has 0 aliphatic heterocycles. The molecule has 4 aromatic rings. The second-order valence-corrected chi connectivity index (χ2v) is 8.35. The number of fused-ring (bicyclic) bond motifs is 1.